The Morgan fingerprint density at radius 2 is 0.676 bits per heavy atom. The van der Waals surface area contributed by atoms with Crippen molar-refractivity contribution in [2.45, 2.75) is 119 Å². The fourth-order valence-electron chi connectivity index (χ4n) is 12.6. The monoisotopic (exact) mass is 2870 g/mol. The van der Waals surface area contributed by atoms with E-state index >= 15 is 0 Å². The number of anilines is 3. The van der Waals surface area contributed by atoms with Crippen LogP contribution in [0.25, 0.3) is 0 Å². The lowest BCUT2D eigenvalue weighted by Gasteiger charge is -2.46. The van der Waals surface area contributed by atoms with Gasteiger partial charge in [0.1, 0.15) is 36.7 Å². The molecule has 4 aromatic rings. The number of aromatic nitrogens is 4. The van der Waals surface area contributed by atoms with Gasteiger partial charge in [-0.25, -0.2) is 19.9 Å². The predicted octanol–water partition coefficient (Wildman–Crippen LogP) is 9.86. The Morgan fingerprint density at radius 3 is 0.890 bits per heavy atom. The van der Waals surface area contributed by atoms with Crippen LogP contribution >= 0.6 is 70.0 Å². The molecule has 0 spiro atoms. The first-order valence-corrected chi connectivity index (χ1v) is 95.7. The highest BCUT2D eigenvalue weighted by Gasteiger charge is 2.36. The van der Waals surface area contributed by atoms with Gasteiger partial charge in [0.25, 0.3) is 12.9 Å². The van der Waals surface area contributed by atoms with Crippen LogP contribution in [0.3, 0.4) is 0 Å². The molecule has 8 bridgehead atoms. The molecule has 770 valence electrons. The maximum Gasteiger partial charge on any atom is 0.310 e. The zero-order valence-corrected chi connectivity index (χ0v) is 113. The van der Waals surface area contributed by atoms with E-state index in [1.54, 1.807) is 126 Å². The number of halogens is 5. The summed E-state index contributed by atoms with van der Waals surface area (Å²) in [7, 11) is 64.3. The summed E-state index contributed by atoms with van der Waals surface area (Å²) in [6.45, 7) is 40.6. The van der Waals surface area contributed by atoms with Gasteiger partial charge in [-0.15, -0.1) is 36.8 Å². The second-order valence-electron chi connectivity index (χ2n) is 31.0. The van der Waals surface area contributed by atoms with Gasteiger partial charge in [-0.3, -0.25) is 24.0 Å². The first-order valence-electron chi connectivity index (χ1n) is 39.3. The summed E-state index contributed by atoms with van der Waals surface area (Å²) >= 11 is 14.0. The van der Waals surface area contributed by atoms with E-state index in [0.717, 1.165) is 133 Å². The lowest BCUT2D eigenvalue weighted by Crippen LogP contribution is -2.54. The first kappa shape index (κ1) is 135. The normalized spacial score (nSPS) is 18.1. The molecule has 4 aromatic heterocycles. The molecule has 8 saturated heterocycles. The minimum Gasteiger partial charge on any atom is -0.462 e. The number of carbonyl (C=O) groups is 5. The predicted molar refractivity (Wildman–Crippen MR) is 695 cm³/mol. The van der Waals surface area contributed by atoms with Gasteiger partial charge in [0.2, 0.25) is 11.9 Å². The van der Waals surface area contributed by atoms with Gasteiger partial charge in [0.15, 0.2) is 0 Å². The van der Waals surface area contributed by atoms with Crippen LogP contribution in [-0.4, -0.2) is 180 Å². The minimum atomic E-state index is -1.31. The van der Waals surface area contributed by atoms with Gasteiger partial charge in [-0.05, 0) is 261 Å². The molecular formula is C71H105Cl2FI2N12O8S39Si. The summed E-state index contributed by atoms with van der Waals surface area (Å²) < 4.78 is 27.2. The van der Waals surface area contributed by atoms with E-state index in [-0.39, 0.29) is 41.9 Å². The molecule has 8 aliphatic rings. The molecule has 0 radical (unpaired) electrons. The van der Waals surface area contributed by atoms with E-state index in [0.29, 0.717) is 24.8 Å². The van der Waals surface area contributed by atoms with E-state index in [1.165, 1.54) is 112 Å². The summed E-state index contributed by atoms with van der Waals surface area (Å²) in [6.07, 6.45) is 17.9. The van der Waals surface area contributed by atoms with Crippen LogP contribution < -0.4 is 36.0 Å². The third-order valence-electron chi connectivity index (χ3n) is 17.1. The van der Waals surface area contributed by atoms with Gasteiger partial charge in [0, 0.05) is 467 Å². The number of nitrogens with one attached hydrogen (secondary N) is 4. The average Bonchev–Trinajstić information content (AvgIpc) is 0.803. The summed E-state index contributed by atoms with van der Waals surface area (Å²) in [6, 6.07) is 15.5. The molecule has 65 heteroatoms. The van der Waals surface area contributed by atoms with Crippen molar-refractivity contribution in [2.24, 2.45) is 47.3 Å². The summed E-state index contributed by atoms with van der Waals surface area (Å²) in [5.74, 6) is 13.9. The number of rotatable bonds is 5. The summed E-state index contributed by atoms with van der Waals surface area (Å²) in [4.78, 5) is 76.6. The molecule has 0 aliphatic carbocycles. The molecule has 1 amide bonds. The second-order valence-corrected chi connectivity index (χ2v) is 104. The van der Waals surface area contributed by atoms with Gasteiger partial charge in [-0.1, -0.05) is 31.5 Å². The van der Waals surface area contributed by atoms with E-state index in [2.05, 4.69) is 177 Å². The number of nitrogens with zero attached hydrogens (tertiary/aromatic N) is 8. The number of pyridine rings is 4. The van der Waals surface area contributed by atoms with Crippen molar-refractivity contribution in [1.82, 2.24) is 46.1 Å². The minimum absolute atomic E-state index is 0. The van der Waals surface area contributed by atoms with Crippen LogP contribution in [0, 0.1) is 84.2 Å². The largest absolute Gasteiger partial charge is 0.462 e. The molecule has 20 nitrogen and oxygen atoms in total. The molecule has 136 heavy (non-hydrogen) atoms. The van der Waals surface area contributed by atoms with E-state index in [9.17, 15) is 28.4 Å². The first-order chi connectivity index (χ1) is 64.4. The van der Waals surface area contributed by atoms with Crippen molar-refractivity contribution in [3.8, 4) is 23.8 Å². The molecule has 0 saturated carbocycles. The molecule has 0 aromatic carbocycles. The van der Waals surface area contributed by atoms with Crippen molar-refractivity contribution in [3.05, 3.63) is 97.5 Å². The highest BCUT2D eigenvalue weighted by molar-refractivity contribution is 14.1. The Labute approximate surface area is 956 Å². The smallest absolute Gasteiger partial charge is 0.310 e. The van der Waals surface area contributed by atoms with Crippen LogP contribution in [0.5, 0.6) is 0 Å². The lowest BCUT2D eigenvalue weighted by atomic mass is 9.84. The van der Waals surface area contributed by atoms with Gasteiger partial charge >= 0.3 is 11.9 Å². The third kappa shape index (κ3) is 72.7. The maximum atomic E-state index is 12.0. The third-order valence-corrected chi connectivity index (χ3v) is 99.3. The van der Waals surface area contributed by atoms with Crippen LogP contribution in [0.2, 0.25) is 19.6 Å². The van der Waals surface area contributed by atoms with Crippen molar-refractivity contribution in [3.63, 3.8) is 0 Å². The van der Waals surface area contributed by atoms with Crippen molar-refractivity contribution < 1.29 is 42.6 Å². The molecule has 6 atom stereocenters. The number of piperidine rings is 8. The van der Waals surface area contributed by atoms with Crippen molar-refractivity contribution in [1.29, 1.82) is 0 Å². The number of hydrogen-bond donors (Lipinski definition) is 4. The number of hydrogen-bond acceptors (Lipinski definition) is 21. The molecule has 12 heterocycles. The number of carbonyl (C=O) groups excluding carboxylic acids is 5. The van der Waals surface area contributed by atoms with Crippen LogP contribution in [0.1, 0.15) is 99.1 Å². The number of fused-ring (bicyclic) bond motifs is 8. The fourth-order valence-corrected chi connectivity index (χ4v) is 110. The molecule has 6 unspecified atom stereocenters. The molecule has 12 rings (SSSR count). The Balaban J connectivity index is 0.000000554. The van der Waals surface area contributed by atoms with E-state index < -0.39 is 26.0 Å². The average molecular weight is 2880 g/mol. The van der Waals surface area contributed by atoms with Crippen molar-refractivity contribution >= 4 is 477 Å². The number of terminal acetylenes is 1. The molecule has 8 fully saturated rings. The van der Waals surface area contributed by atoms with Gasteiger partial charge < -0.3 is 55.1 Å². The zero-order valence-electron chi connectivity index (χ0n) is 74.6. The number of esters is 2. The molecular weight excluding hydrogens is 2770 g/mol. The molecule has 4 N–H and O–H groups in total. The maximum absolute atomic E-state index is 12.0. The quantitative estimate of drug-likeness (QED) is 0.0213. The van der Waals surface area contributed by atoms with Crippen LogP contribution in [-0.2, 0) is 389 Å². The molecule has 8 aliphatic heterocycles. The van der Waals surface area contributed by atoms with Crippen molar-refractivity contribution in [2.75, 3.05) is 119 Å². The Kier molecular flexibility index (Phi) is 84.4. The van der Waals surface area contributed by atoms with Crippen LogP contribution in [0.4, 0.5) is 21.8 Å². The number of ether oxygens (including phenoxy) is 3. The highest BCUT2D eigenvalue weighted by atomic mass is 127. The van der Waals surface area contributed by atoms with Crippen LogP contribution in [0.15, 0.2) is 73.3 Å². The SMILES string of the molecule is C#Cc1ccc(N2CC3CC(CN(C(C)=O)C3)C2)nc1.C1NCC2CNCC1C2.CC(=O)OC(C)=O.CC(C)(C)OC=O.CC(C)(C)OC=O.C[Si](C)(C)C#Cc1ccc(N2CC3CNCC(C3)C2)nc1.Cl.Cl.Fc1ccc(I)cn1.Ic1ccc(N2CC3CNCC(C3)C2)nc1.S=S=S=S=S=S=S=S=S=S=S=S=S=S=S=S=S=S=S=S=S=S=S=S=S=S=S=S=S=S=S=S=S=S=S=S=S=S=S. The number of likely N-dealkylation sites (tertiary alicyclic amines) is 1. The fraction of sp³-hybridized carbons (Fsp3) is 0.592. The Bertz CT molecular complexity index is 6230. The summed E-state index contributed by atoms with van der Waals surface area (Å²) in [5.41, 5.74) is 4.62. The second kappa shape index (κ2) is 84.8. The van der Waals surface area contributed by atoms with E-state index in [4.69, 9.17) is 28.8 Å². The summed E-state index contributed by atoms with van der Waals surface area (Å²) in [5, 5.41) is 14.0. The zero-order chi connectivity index (χ0) is 97.9. The Morgan fingerprint density at radius 1 is 0.412 bits per heavy atom. The topological polar surface area (TPSA) is 226 Å². The highest BCUT2D eigenvalue weighted by Crippen LogP contribution is 2.32. The van der Waals surface area contributed by atoms with Gasteiger partial charge in [-0.2, -0.15) is 4.39 Å². The van der Waals surface area contributed by atoms with Gasteiger partial charge in [0.05, 0.1) is 0 Å². The van der Waals surface area contributed by atoms with E-state index in [1.807, 2.05) is 275 Å². The Hall–Kier alpha value is 3.28. The lowest BCUT2D eigenvalue weighted by molar-refractivity contribution is -0.156. The number of amides is 1. The standard InChI is InChI=1S/C17H25N3Si.C16H19N3O.C12H16IN3.C7H14N2.C5H3FIN.2C5H10O2.C4H6O3.2ClH.S39/c1-21(2,3)7-6-14-4-5-17(19-11-14)20-12-15-8-16(13-20)10-18-9-15;1-3-13-4-5-16(17-7-13)19-10-14-6-15(11-19)9-18(8-14)12(2)20;13-11-1-2-12(15-6-11)16-7-9-3-10(8-16)5-14-4-9;1-6-2-8-4-7(1)5-9-3-6;6-5-2-1-4(7)3-8-5;2*1-5(2,3)7-4-6;1-3(5)7-4(2)6;;;1-3-5-7-9-11-13-15-17-19-21-23-25-27-29-31-33-35-37-39-38-36-34-32-30-28-26-24-22-20-18-16-14-12-10-8-6-4-2/h4-5,11,15-16,18H,8-10,12-13H2,1-3H3;1,4-5,7,14-15H,6,8-11H2,2H3;1-2,6,9-10,14H,3-5,7-8H2;6-9H,1-5H2;1-3H;2*4H,1-3H3;1-2H3;2*1H;.